The molecule has 1 unspecified atom stereocenters. The summed E-state index contributed by atoms with van der Waals surface area (Å²) in [6.07, 6.45) is 5.77. The number of carbonyl (C=O) groups excluding carboxylic acids is 1. The van der Waals surface area contributed by atoms with Gasteiger partial charge in [0.1, 0.15) is 6.54 Å². The summed E-state index contributed by atoms with van der Waals surface area (Å²) in [5, 5.41) is 2.95. The third kappa shape index (κ3) is 4.73. The Kier molecular flexibility index (Phi) is 6.08. The Morgan fingerprint density at radius 2 is 1.79 bits per heavy atom. The maximum absolute atomic E-state index is 12.6. The summed E-state index contributed by atoms with van der Waals surface area (Å²) < 4.78 is 25.7. The van der Waals surface area contributed by atoms with Crippen LogP contribution in [-0.4, -0.2) is 27.1 Å². The van der Waals surface area contributed by atoms with E-state index in [1.54, 1.807) is 12.1 Å². The Hall–Kier alpha value is -2.34. The fourth-order valence-electron chi connectivity index (χ4n) is 3.75. The van der Waals surface area contributed by atoms with Crippen LogP contribution in [-0.2, 0) is 27.7 Å². The number of hydrogen-bond acceptors (Lipinski definition) is 3. The molecule has 0 radical (unpaired) electrons. The molecule has 0 bridgehead atoms. The Balaban J connectivity index is 1.73. The van der Waals surface area contributed by atoms with Gasteiger partial charge in [-0.3, -0.25) is 9.10 Å². The zero-order valence-corrected chi connectivity index (χ0v) is 17.6. The zero-order chi connectivity index (χ0) is 20.3. The highest BCUT2D eigenvalue weighted by atomic mass is 32.2. The van der Waals surface area contributed by atoms with Gasteiger partial charge < -0.3 is 5.32 Å². The lowest BCUT2D eigenvalue weighted by molar-refractivity contribution is -0.120. The van der Waals surface area contributed by atoms with Gasteiger partial charge >= 0.3 is 0 Å². The van der Waals surface area contributed by atoms with Crippen LogP contribution in [0.2, 0.25) is 0 Å². The lowest BCUT2D eigenvalue weighted by Crippen LogP contribution is -2.41. The highest BCUT2D eigenvalue weighted by Crippen LogP contribution is 2.25. The van der Waals surface area contributed by atoms with Crippen molar-refractivity contribution in [2.45, 2.75) is 45.6 Å². The number of amides is 1. The van der Waals surface area contributed by atoms with Crippen LogP contribution in [0.4, 0.5) is 5.69 Å². The molecule has 0 heterocycles. The lowest BCUT2D eigenvalue weighted by Gasteiger charge is -2.25. The predicted molar refractivity (Wildman–Crippen MR) is 113 cm³/mol. The van der Waals surface area contributed by atoms with Gasteiger partial charge in [-0.25, -0.2) is 8.42 Å². The van der Waals surface area contributed by atoms with Gasteiger partial charge in [0.2, 0.25) is 15.9 Å². The summed E-state index contributed by atoms with van der Waals surface area (Å²) in [7, 11) is -3.58. The number of sulfonamides is 1. The van der Waals surface area contributed by atoms with Gasteiger partial charge in [0.05, 0.1) is 18.0 Å². The minimum absolute atomic E-state index is 0.182. The van der Waals surface area contributed by atoms with E-state index in [1.807, 2.05) is 26.0 Å². The van der Waals surface area contributed by atoms with Gasteiger partial charge in [-0.15, -0.1) is 0 Å². The molecule has 0 aromatic heterocycles. The number of hydrogen-bond donors (Lipinski definition) is 1. The van der Waals surface area contributed by atoms with Crippen LogP contribution in [0.15, 0.2) is 42.5 Å². The van der Waals surface area contributed by atoms with E-state index in [9.17, 15) is 13.2 Å². The maximum Gasteiger partial charge on any atom is 0.241 e. The van der Waals surface area contributed by atoms with E-state index in [4.69, 9.17) is 0 Å². The Morgan fingerprint density at radius 3 is 2.46 bits per heavy atom. The van der Waals surface area contributed by atoms with Gasteiger partial charge in [0, 0.05) is 0 Å². The predicted octanol–water partition coefficient (Wildman–Crippen LogP) is 3.52. The molecule has 2 aromatic rings. The first-order valence-corrected chi connectivity index (χ1v) is 11.5. The largest absolute Gasteiger partial charge is 0.348 e. The minimum Gasteiger partial charge on any atom is -0.348 e. The number of fused-ring (bicyclic) bond motifs is 1. The molecular formula is C22H28N2O3S. The summed E-state index contributed by atoms with van der Waals surface area (Å²) in [5.74, 6) is -0.320. The number of rotatable bonds is 6. The van der Waals surface area contributed by atoms with Gasteiger partial charge in [-0.2, -0.15) is 0 Å². The van der Waals surface area contributed by atoms with Crippen molar-refractivity contribution in [3.05, 3.63) is 64.7 Å². The van der Waals surface area contributed by atoms with Crippen molar-refractivity contribution in [1.29, 1.82) is 0 Å². The molecule has 1 amide bonds. The summed E-state index contributed by atoms with van der Waals surface area (Å²) in [6, 6.07) is 13.4. The van der Waals surface area contributed by atoms with Gasteiger partial charge in [0.25, 0.3) is 0 Å². The number of aryl methyl sites for hydroxylation is 3. The van der Waals surface area contributed by atoms with E-state index in [0.29, 0.717) is 5.69 Å². The first-order chi connectivity index (χ1) is 13.3. The van der Waals surface area contributed by atoms with Gasteiger partial charge in [-0.05, 0) is 67.9 Å². The number of anilines is 1. The van der Waals surface area contributed by atoms with Crippen LogP contribution in [0.25, 0.3) is 0 Å². The fourth-order valence-corrected chi connectivity index (χ4v) is 4.66. The molecule has 1 N–H and O–H groups in total. The summed E-state index contributed by atoms with van der Waals surface area (Å²) >= 11 is 0. The second-order valence-electron chi connectivity index (χ2n) is 7.58. The minimum atomic E-state index is -3.58. The van der Waals surface area contributed by atoms with Crippen molar-refractivity contribution in [1.82, 2.24) is 5.32 Å². The van der Waals surface area contributed by atoms with Crippen molar-refractivity contribution < 1.29 is 13.2 Å². The molecule has 0 spiro atoms. The smallest absolute Gasteiger partial charge is 0.241 e. The van der Waals surface area contributed by atoms with E-state index in [0.717, 1.165) is 34.5 Å². The van der Waals surface area contributed by atoms with Crippen LogP contribution in [0.5, 0.6) is 0 Å². The first kappa shape index (κ1) is 20.4. The molecule has 150 valence electrons. The highest BCUT2D eigenvalue weighted by Gasteiger charge is 2.23. The lowest BCUT2D eigenvalue weighted by atomic mass is 9.89. The van der Waals surface area contributed by atoms with E-state index >= 15 is 0 Å². The first-order valence-electron chi connectivity index (χ1n) is 9.70. The van der Waals surface area contributed by atoms with Crippen molar-refractivity contribution in [3.8, 4) is 0 Å². The van der Waals surface area contributed by atoms with Gasteiger partial charge in [-0.1, -0.05) is 36.4 Å². The number of carbonyl (C=O) groups is 1. The molecule has 0 saturated heterocycles. The normalized spacial score (nSPS) is 14.8. The molecule has 5 nitrogen and oxygen atoms in total. The molecular weight excluding hydrogens is 372 g/mol. The fraction of sp³-hybridized carbons (Fsp3) is 0.409. The molecule has 0 aliphatic heterocycles. The second-order valence-corrected chi connectivity index (χ2v) is 9.49. The van der Waals surface area contributed by atoms with Crippen LogP contribution < -0.4 is 9.62 Å². The SMILES string of the molecule is Cc1ccccc1N(CC(=O)NC(C)c1ccc2c(c1)CCCC2)S(C)(=O)=O. The maximum atomic E-state index is 12.6. The third-order valence-electron chi connectivity index (χ3n) is 5.32. The van der Waals surface area contributed by atoms with Crippen molar-refractivity contribution in [3.63, 3.8) is 0 Å². The summed E-state index contributed by atoms with van der Waals surface area (Å²) in [5.41, 5.74) is 5.15. The average molecular weight is 401 g/mol. The molecule has 1 aliphatic carbocycles. The molecule has 0 fully saturated rings. The van der Waals surface area contributed by atoms with Crippen molar-refractivity contribution in [2.75, 3.05) is 17.1 Å². The molecule has 1 aliphatic rings. The Morgan fingerprint density at radius 1 is 1.11 bits per heavy atom. The molecule has 2 aromatic carbocycles. The van der Waals surface area contributed by atoms with Crippen LogP contribution in [0.3, 0.4) is 0 Å². The third-order valence-corrected chi connectivity index (χ3v) is 6.45. The summed E-state index contributed by atoms with van der Waals surface area (Å²) in [6.45, 7) is 3.53. The van der Waals surface area contributed by atoms with Crippen LogP contribution >= 0.6 is 0 Å². The molecule has 28 heavy (non-hydrogen) atoms. The second kappa shape index (κ2) is 8.35. The molecule has 6 heteroatoms. The Bertz CT molecular complexity index is 969. The molecule has 1 atom stereocenters. The standard InChI is InChI=1S/C22H28N2O3S/c1-16-8-4-7-11-21(16)24(28(3,26)27)15-22(25)23-17(2)19-13-12-18-9-5-6-10-20(18)14-19/h4,7-8,11-14,17H,5-6,9-10,15H2,1-3H3,(H,23,25). The molecule has 3 rings (SSSR count). The van der Waals surface area contributed by atoms with E-state index in [1.165, 1.54) is 24.0 Å². The number of nitrogens with zero attached hydrogens (tertiary/aromatic N) is 1. The van der Waals surface area contributed by atoms with E-state index in [2.05, 4.69) is 23.5 Å². The Labute approximate surface area is 167 Å². The number of nitrogens with one attached hydrogen (secondary N) is 1. The van der Waals surface area contributed by atoms with E-state index < -0.39 is 10.0 Å². The van der Waals surface area contributed by atoms with Crippen molar-refractivity contribution >= 4 is 21.6 Å². The molecule has 0 saturated carbocycles. The van der Waals surface area contributed by atoms with Crippen LogP contribution in [0, 0.1) is 6.92 Å². The van der Waals surface area contributed by atoms with Gasteiger partial charge in [0.15, 0.2) is 0 Å². The van der Waals surface area contributed by atoms with Crippen LogP contribution in [0.1, 0.15) is 48.1 Å². The zero-order valence-electron chi connectivity index (χ0n) is 16.7. The topological polar surface area (TPSA) is 66.5 Å². The average Bonchev–Trinajstić information content (AvgIpc) is 2.65. The number of benzene rings is 2. The highest BCUT2D eigenvalue weighted by molar-refractivity contribution is 7.92. The summed E-state index contributed by atoms with van der Waals surface area (Å²) in [4.78, 5) is 12.6. The number of para-hydroxylation sites is 1. The van der Waals surface area contributed by atoms with Crippen molar-refractivity contribution in [2.24, 2.45) is 0 Å². The monoisotopic (exact) mass is 400 g/mol. The quantitative estimate of drug-likeness (QED) is 0.807. The van der Waals surface area contributed by atoms with E-state index in [-0.39, 0.29) is 18.5 Å².